The fourth-order valence-corrected chi connectivity index (χ4v) is 3.78. The molecule has 162 valence electrons. The number of morpholine rings is 1. The molecule has 2 aromatic carbocycles. The van der Waals surface area contributed by atoms with Crippen LogP contribution < -0.4 is 10.2 Å². The third-order valence-corrected chi connectivity index (χ3v) is 5.47. The van der Waals surface area contributed by atoms with Gasteiger partial charge in [-0.1, -0.05) is 18.2 Å². The van der Waals surface area contributed by atoms with Crippen molar-refractivity contribution in [1.82, 2.24) is 15.3 Å². The van der Waals surface area contributed by atoms with Crippen LogP contribution in [0.2, 0.25) is 0 Å². The number of hydrogen-bond donors (Lipinski definition) is 1. The summed E-state index contributed by atoms with van der Waals surface area (Å²) < 4.78 is 5.42. The molecule has 0 bridgehead atoms. The molecule has 7 nitrogen and oxygen atoms in total. The fraction of sp³-hybridized carbons (Fsp3) is 0.280. The summed E-state index contributed by atoms with van der Waals surface area (Å²) in [5.41, 5.74) is 5.60. The zero-order valence-corrected chi connectivity index (χ0v) is 18.0. The van der Waals surface area contributed by atoms with Gasteiger partial charge in [-0.05, 0) is 48.4 Å². The van der Waals surface area contributed by atoms with Crippen molar-refractivity contribution < 1.29 is 9.53 Å². The number of hydrogen-bond acceptors (Lipinski definition) is 6. The zero-order valence-electron chi connectivity index (χ0n) is 18.0. The van der Waals surface area contributed by atoms with Crippen LogP contribution in [0.25, 0.3) is 11.3 Å². The van der Waals surface area contributed by atoms with Crippen molar-refractivity contribution in [3.05, 3.63) is 77.2 Å². The molecule has 1 amide bonds. The van der Waals surface area contributed by atoms with Crippen molar-refractivity contribution in [3.63, 3.8) is 0 Å². The summed E-state index contributed by atoms with van der Waals surface area (Å²) in [6, 6.07) is 17.8. The molecule has 1 aromatic heterocycles. The van der Waals surface area contributed by atoms with Crippen molar-refractivity contribution in [2.45, 2.75) is 13.3 Å². The van der Waals surface area contributed by atoms with Gasteiger partial charge in [0.25, 0.3) is 5.91 Å². The maximum Gasteiger partial charge on any atom is 0.252 e. The molecule has 2 heterocycles. The van der Waals surface area contributed by atoms with Gasteiger partial charge in [-0.15, -0.1) is 0 Å². The number of aryl methyl sites for hydroxylation is 1. The lowest BCUT2D eigenvalue weighted by Crippen LogP contribution is -2.36. The number of carbonyl (C=O) groups excluding carboxylic acids is 1. The second-order valence-corrected chi connectivity index (χ2v) is 7.67. The summed E-state index contributed by atoms with van der Waals surface area (Å²) in [5.74, 6) is 0.488. The van der Waals surface area contributed by atoms with Crippen molar-refractivity contribution in [3.8, 4) is 17.3 Å². The van der Waals surface area contributed by atoms with E-state index >= 15 is 0 Å². The van der Waals surface area contributed by atoms with Crippen LogP contribution in [0.15, 0.2) is 54.7 Å². The minimum absolute atomic E-state index is 0.0116. The summed E-state index contributed by atoms with van der Waals surface area (Å²) in [7, 11) is 0. The summed E-state index contributed by atoms with van der Waals surface area (Å²) in [6.07, 6.45) is 2.41. The fourth-order valence-electron chi connectivity index (χ4n) is 3.78. The topological polar surface area (TPSA) is 91.1 Å². The Morgan fingerprint density at radius 3 is 2.66 bits per heavy atom. The van der Waals surface area contributed by atoms with Crippen LogP contribution in [-0.4, -0.2) is 48.7 Å². The molecule has 0 saturated carbocycles. The molecule has 32 heavy (non-hydrogen) atoms. The quantitative estimate of drug-likeness (QED) is 0.608. The maximum atomic E-state index is 12.1. The molecule has 3 aromatic rings. The Balaban J connectivity index is 1.48. The summed E-state index contributed by atoms with van der Waals surface area (Å²) in [4.78, 5) is 23.6. The molecule has 1 aliphatic rings. The molecule has 7 heteroatoms. The number of ether oxygens (including phenoxy) is 1. The number of nitriles is 1. The van der Waals surface area contributed by atoms with E-state index in [1.54, 1.807) is 12.3 Å². The van der Waals surface area contributed by atoms with E-state index in [9.17, 15) is 4.79 Å². The Morgan fingerprint density at radius 1 is 1.16 bits per heavy atom. The average molecular weight is 428 g/mol. The van der Waals surface area contributed by atoms with E-state index in [0.29, 0.717) is 12.0 Å². The van der Waals surface area contributed by atoms with Crippen LogP contribution in [0.1, 0.15) is 27.3 Å². The lowest BCUT2D eigenvalue weighted by molar-refractivity contribution is 0.0958. The van der Waals surface area contributed by atoms with E-state index < -0.39 is 0 Å². The number of carbonyl (C=O) groups is 1. The molecule has 1 fully saturated rings. The Kier molecular flexibility index (Phi) is 6.73. The average Bonchev–Trinajstić information content (AvgIpc) is 2.83. The van der Waals surface area contributed by atoms with Crippen molar-refractivity contribution in [1.29, 1.82) is 5.26 Å². The van der Waals surface area contributed by atoms with Crippen LogP contribution in [-0.2, 0) is 11.2 Å². The Labute approximate surface area is 187 Å². The zero-order chi connectivity index (χ0) is 22.3. The van der Waals surface area contributed by atoms with Crippen LogP contribution >= 0.6 is 0 Å². The summed E-state index contributed by atoms with van der Waals surface area (Å²) in [5, 5.41) is 11.2. The van der Waals surface area contributed by atoms with E-state index in [2.05, 4.69) is 39.5 Å². The van der Waals surface area contributed by atoms with Gasteiger partial charge in [0.15, 0.2) is 0 Å². The number of nitrogens with one attached hydrogen (secondary N) is 1. The van der Waals surface area contributed by atoms with E-state index in [-0.39, 0.29) is 12.5 Å². The van der Waals surface area contributed by atoms with Crippen LogP contribution in [0.3, 0.4) is 0 Å². The molecule has 1 aliphatic heterocycles. The SMILES string of the molecule is Cc1cc(C(=O)NCC#N)ccc1-c1ccnc(Cc2ccc(N3CCOCC3)cc2)n1. The number of benzene rings is 2. The van der Waals surface area contributed by atoms with E-state index in [4.69, 9.17) is 15.0 Å². The van der Waals surface area contributed by atoms with Gasteiger partial charge in [0.05, 0.1) is 25.0 Å². The summed E-state index contributed by atoms with van der Waals surface area (Å²) >= 11 is 0. The highest BCUT2D eigenvalue weighted by Gasteiger charge is 2.12. The standard InChI is InChI=1S/C25H25N5O2/c1-18-16-20(25(31)28-11-9-26)4-7-22(18)23-8-10-27-24(29-23)17-19-2-5-21(6-3-19)30-12-14-32-15-13-30/h2-8,10,16H,11-15,17H2,1H3,(H,28,31). The molecular weight excluding hydrogens is 402 g/mol. The number of nitrogens with zero attached hydrogens (tertiary/aromatic N) is 4. The molecule has 1 N–H and O–H groups in total. The predicted molar refractivity (Wildman–Crippen MR) is 122 cm³/mol. The predicted octanol–water partition coefficient (Wildman–Crippen LogP) is 3.13. The van der Waals surface area contributed by atoms with Crippen LogP contribution in [0.5, 0.6) is 0 Å². The highest BCUT2D eigenvalue weighted by molar-refractivity contribution is 5.95. The van der Waals surface area contributed by atoms with Gasteiger partial charge < -0.3 is 15.0 Å². The van der Waals surface area contributed by atoms with Crippen molar-refractivity contribution >= 4 is 11.6 Å². The van der Waals surface area contributed by atoms with Gasteiger partial charge in [-0.25, -0.2) is 9.97 Å². The smallest absolute Gasteiger partial charge is 0.252 e. The van der Waals surface area contributed by atoms with Gasteiger partial charge in [-0.3, -0.25) is 4.79 Å². The highest BCUT2D eigenvalue weighted by atomic mass is 16.5. The van der Waals surface area contributed by atoms with Crippen LogP contribution in [0, 0.1) is 18.3 Å². The molecule has 4 rings (SSSR count). The first-order valence-corrected chi connectivity index (χ1v) is 10.6. The van der Waals surface area contributed by atoms with Gasteiger partial charge in [0.2, 0.25) is 0 Å². The second-order valence-electron chi connectivity index (χ2n) is 7.67. The second kappa shape index (κ2) is 10.0. The lowest BCUT2D eigenvalue weighted by atomic mass is 10.0. The maximum absolute atomic E-state index is 12.1. The van der Waals surface area contributed by atoms with Crippen molar-refractivity contribution in [2.75, 3.05) is 37.7 Å². The first-order valence-electron chi connectivity index (χ1n) is 10.6. The van der Waals surface area contributed by atoms with Gasteiger partial charge in [-0.2, -0.15) is 5.26 Å². The monoisotopic (exact) mass is 427 g/mol. The molecule has 1 saturated heterocycles. The largest absolute Gasteiger partial charge is 0.378 e. The number of rotatable bonds is 6. The number of anilines is 1. The van der Waals surface area contributed by atoms with Gasteiger partial charge in [0.1, 0.15) is 12.4 Å². The van der Waals surface area contributed by atoms with E-state index in [1.807, 2.05) is 31.2 Å². The van der Waals surface area contributed by atoms with Gasteiger partial charge >= 0.3 is 0 Å². The lowest BCUT2D eigenvalue weighted by Gasteiger charge is -2.28. The van der Waals surface area contributed by atoms with E-state index in [1.165, 1.54) is 5.69 Å². The molecule has 0 radical (unpaired) electrons. The van der Waals surface area contributed by atoms with Crippen molar-refractivity contribution in [2.24, 2.45) is 0 Å². The minimum atomic E-state index is -0.259. The van der Waals surface area contributed by atoms with Gasteiger partial charge in [0, 0.05) is 42.5 Å². The number of amides is 1. The Hall–Kier alpha value is -3.76. The first-order chi connectivity index (χ1) is 15.6. The minimum Gasteiger partial charge on any atom is -0.378 e. The third-order valence-electron chi connectivity index (χ3n) is 5.47. The summed E-state index contributed by atoms with van der Waals surface area (Å²) in [6.45, 7) is 5.32. The molecule has 0 unspecified atom stereocenters. The third kappa shape index (κ3) is 5.10. The molecule has 0 atom stereocenters. The number of aromatic nitrogens is 2. The van der Waals surface area contributed by atoms with Crippen LogP contribution in [0.4, 0.5) is 5.69 Å². The normalized spacial score (nSPS) is 13.4. The highest BCUT2D eigenvalue weighted by Crippen LogP contribution is 2.23. The molecule has 0 aliphatic carbocycles. The molecular formula is C25H25N5O2. The first kappa shape index (κ1) is 21.5. The molecule has 0 spiro atoms. The Morgan fingerprint density at radius 2 is 1.94 bits per heavy atom. The Bertz CT molecular complexity index is 1130. The van der Waals surface area contributed by atoms with E-state index in [0.717, 1.165) is 54.5 Å².